The van der Waals surface area contributed by atoms with E-state index in [1.54, 1.807) is 0 Å². The molecule has 2 atom stereocenters. The van der Waals surface area contributed by atoms with Gasteiger partial charge in [-0.1, -0.05) is 19.8 Å². The van der Waals surface area contributed by atoms with Crippen molar-refractivity contribution in [2.75, 3.05) is 0 Å². The van der Waals surface area contributed by atoms with Gasteiger partial charge in [0.05, 0.1) is 10.8 Å². The number of hydrogen-bond donors (Lipinski definition) is 2. The predicted octanol–water partition coefficient (Wildman–Crippen LogP) is 2.99. The summed E-state index contributed by atoms with van der Waals surface area (Å²) in [4.78, 5) is 25.4. The zero-order valence-electron chi connectivity index (χ0n) is 11.9. The Kier molecular flexibility index (Phi) is 4.81. The third kappa shape index (κ3) is 3.20. The predicted molar refractivity (Wildman–Crippen MR) is 79.3 cm³/mol. The monoisotopic (exact) mass is 295 g/mol. The molecule has 0 spiro atoms. The lowest BCUT2D eigenvalue weighted by atomic mass is 9.84. The van der Waals surface area contributed by atoms with Crippen LogP contribution in [0.2, 0.25) is 0 Å². The molecule has 1 amide bonds. The standard InChI is InChI=1S/C15H21NO3S/c1-3-12-9(2)8-13(20-12)14(17)16-11-7-5-4-6-10(11)15(18)19/h8,10-11H,3-7H2,1-2H3,(H,16,17)(H,18,19). The van der Waals surface area contributed by atoms with Gasteiger partial charge in [0.1, 0.15) is 0 Å². The van der Waals surface area contributed by atoms with Crippen molar-refractivity contribution < 1.29 is 14.7 Å². The van der Waals surface area contributed by atoms with Gasteiger partial charge >= 0.3 is 5.97 Å². The van der Waals surface area contributed by atoms with E-state index in [2.05, 4.69) is 12.2 Å². The Morgan fingerprint density at radius 2 is 2.10 bits per heavy atom. The number of amides is 1. The largest absolute Gasteiger partial charge is 0.481 e. The van der Waals surface area contributed by atoms with E-state index in [4.69, 9.17) is 0 Å². The maximum Gasteiger partial charge on any atom is 0.308 e. The number of carboxylic acids is 1. The van der Waals surface area contributed by atoms with Crippen LogP contribution in [0.25, 0.3) is 0 Å². The second kappa shape index (κ2) is 6.39. The van der Waals surface area contributed by atoms with Gasteiger partial charge in [-0.3, -0.25) is 9.59 Å². The highest BCUT2D eigenvalue weighted by atomic mass is 32.1. The number of nitrogens with one attached hydrogen (secondary N) is 1. The molecule has 1 aromatic heterocycles. The highest BCUT2D eigenvalue weighted by molar-refractivity contribution is 7.14. The van der Waals surface area contributed by atoms with Gasteiger partial charge in [0.25, 0.3) is 5.91 Å². The van der Waals surface area contributed by atoms with E-state index in [1.807, 2.05) is 13.0 Å². The van der Waals surface area contributed by atoms with Crippen LogP contribution in [0.1, 0.15) is 52.7 Å². The molecule has 1 fully saturated rings. The molecule has 20 heavy (non-hydrogen) atoms. The first-order chi connectivity index (χ1) is 9.52. The maximum atomic E-state index is 12.3. The molecule has 1 aliphatic carbocycles. The fourth-order valence-corrected chi connectivity index (χ4v) is 3.84. The van der Waals surface area contributed by atoms with Crippen LogP contribution in [0.5, 0.6) is 0 Å². The van der Waals surface area contributed by atoms with E-state index in [0.717, 1.165) is 31.2 Å². The van der Waals surface area contributed by atoms with Crippen molar-refractivity contribution in [2.45, 2.75) is 52.0 Å². The van der Waals surface area contributed by atoms with Crippen molar-refractivity contribution in [3.63, 3.8) is 0 Å². The summed E-state index contributed by atoms with van der Waals surface area (Å²) in [5, 5.41) is 12.2. The average Bonchev–Trinajstić information content (AvgIpc) is 2.80. The second-order valence-corrected chi connectivity index (χ2v) is 6.52. The number of carboxylic acid groups (broad SMARTS) is 1. The van der Waals surface area contributed by atoms with Crippen molar-refractivity contribution in [1.29, 1.82) is 0 Å². The minimum Gasteiger partial charge on any atom is -0.481 e. The molecule has 0 aromatic carbocycles. The van der Waals surface area contributed by atoms with E-state index in [-0.39, 0.29) is 11.9 Å². The van der Waals surface area contributed by atoms with Crippen LogP contribution in [-0.4, -0.2) is 23.0 Å². The van der Waals surface area contributed by atoms with Gasteiger partial charge in [-0.2, -0.15) is 0 Å². The molecule has 1 heterocycles. The molecule has 110 valence electrons. The Hall–Kier alpha value is -1.36. The first-order valence-corrected chi connectivity index (χ1v) is 7.97. The molecule has 1 aromatic rings. The van der Waals surface area contributed by atoms with Crippen LogP contribution in [0, 0.1) is 12.8 Å². The Morgan fingerprint density at radius 1 is 1.40 bits per heavy atom. The van der Waals surface area contributed by atoms with Crippen molar-refractivity contribution in [2.24, 2.45) is 5.92 Å². The molecule has 2 rings (SSSR count). The van der Waals surface area contributed by atoms with Gasteiger partial charge in [-0.05, 0) is 37.8 Å². The normalized spacial score (nSPS) is 22.5. The number of aliphatic carboxylic acids is 1. The molecule has 2 unspecified atom stereocenters. The summed E-state index contributed by atoms with van der Waals surface area (Å²) in [5.41, 5.74) is 1.14. The number of rotatable bonds is 4. The van der Waals surface area contributed by atoms with Crippen LogP contribution in [0.4, 0.5) is 0 Å². The van der Waals surface area contributed by atoms with E-state index >= 15 is 0 Å². The number of hydrogen-bond acceptors (Lipinski definition) is 3. The molecule has 0 aliphatic heterocycles. The minimum atomic E-state index is -0.799. The lowest BCUT2D eigenvalue weighted by Crippen LogP contribution is -2.44. The fourth-order valence-electron chi connectivity index (χ4n) is 2.82. The van der Waals surface area contributed by atoms with E-state index in [1.165, 1.54) is 16.2 Å². The van der Waals surface area contributed by atoms with E-state index < -0.39 is 11.9 Å². The SMILES string of the molecule is CCc1sc(C(=O)NC2CCCCC2C(=O)O)cc1C. The van der Waals surface area contributed by atoms with Crippen molar-refractivity contribution in [1.82, 2.24) is 5.32 Å². The van der Waals surface area contributed by atoms with Gasteiger partial charge in [0, 0.05) is 10.9 Å². The summed E-state index contributed by atoms with van der Waals surface area (Å²) in [6.07, 6.45) is 4.25. The van der Waals surface area contributed by atoms with Crippen molar-refractivity contribution in [3.05, 3.63) is 21.4 Å². The summed E-state index contributed by atoms with van der Waals surface area (Å²) >= 11 is 1.51. The first-order valence-electron chi connectivity index (χ1n) is 7.16. The zero-order chi connectivity index (χ0) is 14.7. The van der Waals surface area contributed by atoms with Crippen LogP contribution in [-0.2, 0) is 11.2 Å². The van der Waals surface area contributed by atoms with Crippen molar-refractivity contribution in [3.8, 4) is 0 Å². The Bertz CT molecular complexity index is 509. The van der Waals surface area contributed by atoms with Crippen molar-refractivity contribution >= 4 is 23.2 Å². The van der Waals surface area contributed by atoms with Crippen LogP contribution in [0.3, 0.4) is 0 Å². The van der Waals surface area contributed by atoms with Gasteiger partial charge in [0.2, 0.25) is 0 Å². The molecule has 0 radical (unpaired) electrons. The summed E-state index contributed by atoms with van der Waals surface area (Å²) < 4.78 is 0. The Morgan fingerprint density at radius 3 is 2.70 bits per heavy atom. The van der Waals surface area contributed by atoms with Crippen LogP contribution < -0.4 is 5.32 Å². The third-order valence-corrected chi connectivity index (χ3v) is 5.35. The lowest BCUT2D eigenvalue weighted by molar-refractivity contribution is -0.143. The quantitative estimate of drug-likeness (QED) is 0.897. The molecule has 2 N–H and O–H groups in total. The van der Waals surface area contributed by atoms with Crippen LogP contribution in [0.15, 0.2) is 6.07 Å². The minimum absolute atomic E-state index is 0.129. The molecule has 1 saturated carbocycles. The summed E-state index contributed by atoms with van der Waals surface area (Å²) in [7, 11) is 0. The molecule has 0 bridgehead atoms. The molecular weight excluding hydrogens is 274 g/mol. The first kappa shape index (κ1) is 15.0. The third-order valence-electron chi connectivity index (χ3n) is 3.97. The summed E-state index contributed by atoms with van der Waals surface area (Å²) in [6, 6.07) is 1.67. The van der Waals surface area contributed by atoms with E-state index in [9.17, 15) is 14.7 Å². The second-order valence-electron chi connectivity index (χ2n) is 5.38. The number of thiophene rings is 1. The number of carbonyl (C=O) groups excluding carboxylic acids is 1. The van der Waals surface area contributed by atoms with Gasteiger partial charge in [-0.15, -0.1) is 11.3 Å². The topological polar surface area (TPSA) is 66.4 Å². The molecule has 1 aliphatic rings. The lowest BCUT2D eigenvalue weighted by Gasteiger charge is -2.29. The smallest absolute Gasteiger partial charge is 0.308 e. The average molecular weight is 295 g/mol. The summed E-state index contributed by atoms with van der Waals surface area (Å²) in [5.74, 6) is -1.37. The molecule has 0 saturated heterocycles. The Balaban J connectivity index is 2.07. The van der Waals surface area contributed by atoms with Crippen LogP contribution >= 0.6 is 11.3 Å². The molecule has 5 heteroatoms. The zero-order valence-corrected chi connectivity index (χ0v) is 12.8. The highest BCUT2D eigenvalue weighted by Gasteiger charge is 2.32. The summed E-state index contributed by atoms with van der Waals surface area (Å²) in [6.45, 7) is 4.08. The Labute approximate surface area is 123 Å². The van der Waals surface area contributed by atoms with Gasteiger partial charge in [-0.25, -0.2) is 0 Å². The number of carbonyl (C=O) groups is 2. The molecular formula is C15H21NO3S. The maximum absolute atomic E-state index is 12.3. The highest BCUT2D eigenvalue weighted by Crippen LogP contribution is 2.26. The van der Waals surface area contributed by atoms with Gasteiger partial charge in [0.15, 0.2) is 0 Å². The molecule has 4 nitrogen and oxygen atoms in total. The van der Waals surface area contributed by atoms with E-state index in [0.29, 0.717) is 11.3 Å². The number of aryl methyl sites for hydroxylation is 2. The fraction of sp³-hybridized carbons (Fsp3) is 0.600. The van der Waals surface area contributed by atoms with Gasteiger partial charge < -0.3 is 10.4 Å².